The fraction of sp³-hybridized carbons (Fsp3) is 0.375. The highest BCUT2D eigenvalue weighted by Gasteiger charge is 2.06. The molecule has 0 bridgehead atoms. The van der Waals surface area contributed by atoms with Crippen molar-refractivity contribution >= 4 is 17.7 Å². The Morgan fingerprint density at radius 1 is 1.73 bits per heavy atom. The summed E-state index contributed by atoms with van der Waals surface area (Å²) in [4.78, 5) is 17.9. The van der Waals surface area contributed by atoms with Crippen molar-refractivity contribution < 1.29 is 14.6 Å². The molecule has 0 aromatic carbocycles. The molecule has 0 radical (unpaired) electrons. The van der Waals surface area contributed by atoms with E-state index in [1.54, 1.807) is 6.92 Å². The Morgan fingerprint density at radius 2 is 2.47 bits per heavy atom. The largest absolute Gasteiger partial charge is 0.474 e. The van der Waals surface area contributed by atoms with Crippen molar-refractivity contribution in [1.82, 2.24) is 15.3 Å². The number of aromatic nitrogens is 2. The third-order valence-electron chi connectivity index (χ3n) is 1.43. The minimum Gasteiger partial charge on any atom is -0.474 e. The SMILES string of the molecule is C[C@H](COc1cncc(Cl)n1)NC(=O)O. The van der Waals surface area contributed by atoms with Crippen LogP contribution >= 0.6 is 11.6 Å². The van der Waals surface area contributed by atoms with Crippen molar-refractivity contribution in [2.75, 3.05) is 6.61 Å². The highest BCUT2D eigenvalue weighted by atomic mass is 35.5. The monoisotopic (exact) mass is 231 g/mol. The number of hydrogen-bond donors (Lipinski definition) is 2. The molecule has 1 atom stereocenters. The van der Waals surface area contributed by atoms with E-state index in [2.05, 4.69) is 15.3 Å². The second kappa shape index (κ2) is 5.35. The first-order valence-corrected chi connectivity index (χ1v) is 4.55. The molecular weight excluding hydrogens is 222 g/mol. The molecule has 0 saturated heterocycles. The molecule has 1 aromatic heterocycles. The molecule has 0 unspecified atom stereocenters. The van der Waals surface area contributed by atoms with Gasteiger partial charge in [0.15, 0.2) is 5.15 Å². The first-order valence-electron chi connectivity index (χ1n) is 4.17. The van der Waals surface area contributed by atoms with Gasteiger partial charge in [-0.05, 0) is 6.92 Å². The van der Waals surface area contributed by atoms with E-state index in [9.17, 15) is 4.79 Å². The minimum absolute atomic E-state index is 0.168. The van der Waals surface area contributed by atoms with E-state index in [-0.39, 0.29) is 23.7 Å². The Morgan fingerprint density at radius 3 is 3.07 bits per heavy atom. The van der Waals surface area contributed by atoms with Crippen LogP contribution in [0.25, 0.3) is 0 Å². The second-order valence-corrected chi connectivity index (χ2v) is 3.23. The number of hydrogen-bond acceptors (Lipinski definition) is 4. The van der Waals surface area contributed by atoms with Crippen LogP contribution in [0.5, 0.6) is 5.88 Å². The number of halogens is 1. The van der Waals surface area contributed by atoms with Gasteiger partial charge in [0.05, 0.1) is 18.4 Å². The van der Waals surface area contributed by atoms with Crippen molar-refractivity contribution in [3.05, 3.63) is 17.5 Å². The molecule has 1 heterocycles. The third kappa shape index (κ3) is 4.46. The lowest BCUT2D eigenvalue weighted by molar-refractivity contribution is 0.182. The Hall–Kier alpha value is -1.56. The van der Waals surface area contributed by atoms with Crippen molar-refractivity contribution in [3.63, 3.8) is 0 Å². The molecule has 2 N–H and O–H groups in total. The summed E-state index contributed by atoms with van der Waals surface area (Å²) in [5, 5.41) is 10.9. The molecule has 82 valence electrons. The first kappa shape index (κ1) is 11.5. The summed E-state index contributed by atoms with van der Waals surface area (Å²) in [5.41, 5.74) is 0. The zero-order valence-corrected chi connectivity index (χ0v) is 8.73. The van der Waals surface area contributed by atoms with Crippen LogP contribution < -0.4 is 10.1 Å². The van der Waals surface area contributed by atoms with Crippen molar-refractivity contribution in [2.45, 2.75) is 13.0 Å². The molecule has 0 saturated carbocycles. The molecule has 6 nitrogen and oxygen atoms in total. The summed E-state index contributed by atoms with van der Waals surface area (Å²) in [6.07, 6.45) is 1.69. The maximum atomic E-state index is 10.3. The van der Waals surface area contributed by atoms with Crippen LogP contribution in [0.2, 0.25) is 5.15 Å². The quantitative estimate of drug-likeness (QED) is 0.813. The fourth-order valence-electron chi connectivity index (χ4n) is 0.858. The average Bonchev–Trinajstić information content (AvgIpc) is 2.14. The fourth-order valence-corrected chi connectivity index (χ4v) is 0.998. The summed E-state index contributed by atoms with van der Waals surface area (Å²) in [6.45, 7) is 1.84. The number of nitrogens with zero attached hydrogens (tertiary/aromatic N) is 2. The van der Waals surface area contributed by atoms with Crippen LogP contribution in [-0.2, 0) is 0 Å². The van der Waals surface area contributed by atoms with Crippen LogP contribution in [0.1, 0.15) is 6.92 Å². The number of amides is 1. The van der Waals surface area contributed by atoms with Gasteiger partial charge >= 0.3 is 6.09 Å². The summed E-state index contributed by atoms with van der Waals surface area (Å²) < 4.78 is 5.17. The van der Waals surface area contributed by atoms with E-state index < -0.39 is 6.09 Å². The highest BCUT2D eigenvalue weighted by molar-refractivity contribution is 6.29. The Labute approximate surface area is 91.3 Å². The summed E-state index contributed by atoms with van der Waals surface area (Å²) in [5.74, 6) is 0.265. The first-order chi connectivity index (χ1) is 7.08. The predicted octanol–water partition coefficient (Wildman–Crippen LogP) is 1.16. The van der Waals surface area contributed by atoms with Crippen LogP contribution in [0.3, 0.4) is 0 Å². The lowest BCUT2D eigenvalue weighted by Crippen LogP contribution is -2.35. The van der Waals surface area contributed by atoms with Crippen LogP contribution in [0.4, 0.5) is 4.79 Å². The maximum Gasteiger partial charge on any atom is 0.404 e. The maximum absolute atomic E-state index is 10.3. The molecule has 7 heteroatoms. The smallest absolute Gasteiger partial charge is 0.404 e. The molecular formula is C8H10ClN3O3. The molecule has 15 heavy (non-hydrogen) atoms. The standard InChI is InChI=1S/C8H10ClN3O3/c1-5(11-8(13)14)4-15-7-3-10-2-6(9)12-7/h2-3,5,11H,4H2,1H3,(H,13,14)/t5-/m1/s1. The molecule has 0 aliphatic heterocycles. The van der Waals surface area contributed by atoms with Gasteiger partial charge in [0.25, 0.3) is 0 Å². The molecule has 1 rings (SSSR count). The minimum atomic E-state index is -1.09. The number of rotatable bonds is 4. The number of carboxylic acid groups (broad SMARTS) is 1. The van der Waals surface area contributed by atoms with Gasteiger partial charge in [-0.25, -0.2) is 4.79 Å². The number of ether oxygens (including phenoxy) is 1. The van der Waals surface area contributed by atoms with E-state index in [1.165, 1.54) is 12.4 Å². The van der Waals surface area contributed by atoms with Crippen molar-refractivity contribution in [1.29, 1.82) is 0 Å². The summed E-state index contributed by atoms with van der Waals surface area (Å²) in [6, 6.07) is -0.330. The van der Waals surface area contributed by atoms with Gasteiger partial charge in [0.2, 0.25) is 5.88 Å². The molecule has 0 aliphatic rings. The van der Waals surface area contributed by atoms with E-state index in [4.69, 9.17) is 21.4 Å². The van der Waals surface area contributed by atoms with E-state index >= 15 is 0 Å². The topological polar surface area (TPSA) is 84.3 Å². The Balaban J connectivity index is 2.40. The Bertz CT molecular complexity index is 348. The van der Waals surface area contributed by atoms with E-state index in [0.717, 1.165) is 0 Å². The molecule has 1 amide bonds. The summed E-state index contributed by atoms with van der Waals surface area (Å²) >= 11 is 5.58. The van der Waals surface area contributed by atoms with Crippen molar-refractivity contribution in [2.24, 2.45) is 0 Å². The van der Waals surface area contributed by atoms with E-state index in [1.807, 2.05) is 0 Å². The molecule has 0 fully saturated rings. The Kier molecular flexibility index (Phi) is 4.11. The summed E-state index contributed by atoms with van der Waals surface area (Å²) in [7, 11) is 0. The zero-order chi connectivity index (χ0) is 11.3. The van der Waals surface area contributed by atoms with Gasteiger partial charge in [-0.1, -0.05) is 11.6 Å². The number of carbonyl (C=O) groups is 1. The highest BCUT2D eigenvalue weighted by Crippen LogP contribution is 2.08. The normalized spacial score (nSPS) is 11.9. The second-order valence-electron chi connectivity index (χ2n) is 2.84. The molecule has 1 aromatic rings. The molecule has 0 aliphatic carbocycles. The van der Waals surface area contributed by atoms with Crippen LogP contribution in [0, 0.1) is 0 Å². The van der Waals surface area contributed by atoms with Crippen molar-refractivity contribution in [3.8, 4) is 5.88 Å². The lowest BCUT2D eigenvalue weighted by Gasteiger charge is -2.11. The van der Waals surface area contributed by atoms with Crippen LogP contribution in [-0.4, -0.2) is 33.8 Å². The average molecular weight is 232 g/mol. The van der Waals surface area contributed by atoms with Crippen LogP contribution in [0.15, 0.2) is 12.4 Å². The zero-order valence-electron chi connectivity index (χ0n) is 7.98. The van der Waals surface area contributed by atoms with Gasteiger partial charge < -0.3 is 15.2 Å². The number of nitrogens with one attached hydrogen (secondary N) is 1. The van der Waals surface area contributed by atoms with Gasteiger partial charge in [-0.2, -0.15) is 4.98 Å². The lowest BCUT2D eigenvalue weighted by atomic mass is 10.4. The van der Waals surface area contributed by atoms with Gasteiger partial charge in [0, 0.05) is 0 Å². The molecule has 0 spiro atoms. The van der Waals surface area contributed by atoms with E-state index in [0.29, 0.717) is 0 Å². The van der Waals surface area contributed by atoms with Gasteiger partial charge in [-0.15, -0.1) is 0 Å². The predicted molar refractivity (Wildman–Crippen MR) is 53.2 cm³/mol. The third-order valence-corrected chi connectivity index (χ3v) is 1.62. The van der Waals surface area contributed by atoms with Gasteiger partial charge in [-0.3, -0.25) is 4.98 Å². The van der Waals surface area contributed by atoms with Gasteiger partial charge in [0.1, 0.15) is 6.61 Å².